The molecule has 0 bridgehead atoms. The molecule has 0 N–H and O–H groups in total. The van der Waals surface area contributed by atoms with Crippen LogP contribution in [-0.4, -0.2) is 16.5 Å². The SMILES string of the molecule is O=C(CS)c1nccs1. The highest BCUT2D eigenvalue weighted by Gasteiger charge is 2.03. The van der Waals surface area contributed by atoms with Crippen LogP contribution in [0.5, 0.6) is 0 Å². The average molecular weight is 159 g/mol. The second-order valence-corrected chi connectivity index (χ2v) is 2.63. The van der Waals surface area contributed by atoms with Crippen LogP contribution in [0, 0.1) is 0 Å². The van der Waals surface area contributed by atoms with Crippen LogP contribution >= 0.6 is 24.0 Å². The Balaban J connectivity index is 2.77. The lowest BCUT2D eigenvalue weighted by Gasteiger charge is -1.84. The van der Waals surface area contributed by atoms with Crippen LogP contribution in [0.4, 0.5) is 0 Å². The van der Waals surface area contributed by atoms with Crippen LogP contribution in [0.25, 0.3) is 0 Å². The fourth-order valence-electron chi connectivity index (χ4n) is 0.429. The number of carbonyl (C=O) groups excluding carboxylic acids is 1. The molecule has 0 aromatic carbocycles. The molecule has 0 amide bonds. The quantitative estimate of drug-likeness (QED) is 0.520. The number of ketones is 1. The van der Waals surface area contributed by atoms with Crippen LogP contribution in [0.15, 0.2) is 11.6 Å². The van der Waals surface area contributed by atoms with E-state index in [0.717, 1.165) is 0 Å². The average Bonchev–Trinajstić information content (AvgIpc) is 2.37. The van der Waals surface area contributed by atoms with Gasteiger partial charge in [-0.15, -0.1) is 11.3 Å². The van der Waals surface area contributed by atoms with Gasteiger partial charge in [0.05, 0.1) is 5.75 Å². The lowest BCUT2D eigenvalue weighted by molar-refractivity contribution is 0.102. The van der Waals surface area contributed by atoms with Gasteiger partial charge >= 0.3 is 0 Å². The topological polar surface area (TPSA) is 30.0 Å². The van der Waals surface area contributed by atoms with Gasteiger partial charge in [-0.1, -0.05) is 0 Å². The minimum absolute atomic E-state index is 0.00617. The second-order valence-electron chi connectivity index (χ2n) is 1.42. The Morgan fingerprint density at radius 3 is 3.11 bits per heavy atom. The Kier molecular flexibility index (Phi) is 2.24. The van der Waals surface area contributed by atoms with E-state index in [0.29, 0.717) is 5.01 Å². The van der Waals surface area contributed by atoms with Crippen molar-refractivity contribution in [2.75, 3.05) is 5.75 Å². The number of hydrogen-bond acceptors (Lipinski definition) is 4. The van der Waals surface area contributed by atoms with E-state index in [1.807, 2.05) is 0 Å². The van der Waals surface area contributed by atoms with Gasteiger partial charge in [0.15, 0.2) is 5.01 Å². The highest BCUT2D eigenvalue weighted by Crippen LogP contribution is 2.04. The molecular weight excluding hydrogens is 154 g/mol. The lowest BCUT2D eigenvalue weighted by atomic mass is 10.5. The first-order chi connectivity index (χ1) is 4.34. The largest absolute Gasteiger partial charge is 0.291 e. The minimum Gasteiger partial charge on any atom is -0.291 e. The summed E-state index contributed by atoms with van der Waals surface area (Å²) in [5.74, 6) is 0.237. The second kappa shape index (κ2) is 2.98. The smallest absolute Gasteiger partial charge is 0.200 e. The summed E-state index contributed by atoms with van der Waals surface area (Å²) in [4.78, 5) is 14.6. The van der Waals surface area contributed by atoms with Crippen LogP contribution in [-0.2, 0) is 0 Å². The zero-order valence-electron chi connectivity index (χ0n) is 4.57. The van der Waals surface area contributed by atoms with Crippen LogP contribution in [0.2, 0.25) is 0 Å². The summed E-state index contributed by atoms with van der Waals surface area (Å²) < 4.78 is 0. The number of nitrogens with zero attached hydrogens (tertiary/aromatic N) is 1. The van der Waals surface area contributed by atoms with Crippen molar-refractivity contribution in [3.05, 3.63) is 16.6 Å². The minimum atomic E-state index is -0.00617. The van der Waals surface area contributed by atoms with Gasteiger partial charge in [-0.05, 0) is 0 Å². The highest BCUT2D eigenvalue weighted by atomic mass is 32.1. The summed E-state index contributed by atoms with van der Waals surface area (Å²) in [5, 5.41) is 2.32. The van der Waals surface area contributed by atoms with Crippen LogP contribution in [0.3, 0.4) is 0 Å². The van der Waals surface area contributed by atoms with E-state index in [2.05, 4.69) is 17.6 Å². The van der Waals surface area contributed by atoms with Gasteiger partial charge in [0.2, 0.25) is 5.78 Å². The van der Waals surface area contributed by atoms with Gasteiger partial charge < -0.3 is 0 Å². The third-order valence-electron chi connectivity index (χ3n) is 0.814. The number of thiazole rings is 1. The molecule has 48 valence electrons. The molecule has 9 heavy (non-hydrogen) atoms. The van der Waals surface area contributed by atoms with Gasteiger partial charge in [-0.25, -0.2) is 4.98 Å². The summed E-state index contributed by atoms with van der Waals surface area (Å²) in [6.07, 6.45) is 1.61. The first-order valence-electron chi connectivity index (χ1n) is 2.38. The van der Waals surface area contributed by atoms with E-state index in [1.165, 1.54) is 11.3 Å². The molecule has 0 aliphatic rings. The fourth-order valence-corrected chi connectivity index (χ4v) is 1.26. The van der Waals surface area contributed by atoms with E-state index < -0.39 is 0 Å². The Hall–Kier alpha value is -0.350. The molecule has 0 aliphatic heterocycles. The molecule has 1 aromatic rings. The number of carbonyl (C=O) groups is 1. The molecule has 0 aliphatic carbocycles. The van der Waals surface area contributed by atoms with Crippen LogP contribution < -0.4 is 0 Å². The Morgan fingerprint density at radius 2 is 2.67 bits per heavy atom. The maximum atomic E-state index is 10.7. The number of aromatic nitrogens is 1. The molecule has 0 atom stereocenters. The van der Waals surface area contributed by atoms with E-state index in [9.17, 15) is 4.79 Å². The van der Waals surface area contributed by atoms with Crippen molar-refractivity contribution in [1.82, 2.24) is 4.98 Å². The van der Waals surface area contributed by atoms with Crippen molar-refractivity contribution >= 4 is 29.7 Å². The summed E-state index contributed by atoms with van der Waals surface area (Å²) >= 11 is 5.17. The first kappa shape index (κ1) is 6.77. The maximum absolute atomic E-state index is 10.7. The third-order valence-corrected chi connectivity index (χ3v) is 1.92. The Bertz CT molecular complexity index is 195. The van der Waals surface area contributed by atoms with Crippen LogP contribution in [0.1, 0.15) is 9.80 Å². The molecule has 2 nitrogen and oxygen atoms in total. The normalized spacial score (nSPS) is 9.44. The molecule has 0 fully saturated rings. The van der Waals surface area contributed by atoms with Gasteiger partial charge in [-0.2, -0.15) is 12.6 Å². The summed E-state index contributed by atoms with van der Waals surface area (Å²) in [6.45, 7) is 0. The fraction of sp³-hybridized carbons (Fsp3) is 0.200. The van der Waals surface area contributed by atoms with Gasteiger partial charge in [0.1, 0.15) is 0 Å². The molecule has 1 rings (SSSR count). The third kappa shape index (κ3) is 1.53. The molecule has 1 aromatic heterocycles. The van der Waals surface area contributed by atoms with Crippen molar-refractivity contribution in [1.29, 1.82) is 0 Å². The molecular formula is C5H5NOS2. The predicted octanol–water partition coefficient (Wildman–Crippen LogP) is 1.26. The zero-order chi connectivity index (χ0) is 6.69. The number of hydrogen-bond donors (Lipinski definition) is 1. The Morgan fingerprint density at radius 1 is 1.89 bits per heavy atom. The number of Topliss-reactive ketones (excluding diaryl/α,β-unsaturated/α-hetero) is 1. The first-order valence-corrected chi connectivity index (χ1v) is 3.89. The molecule has 1 heterocycles. The standard InChI is InChI=1S/C5H5NOS2/c7-4(3-8)5-6-1-2-9-5/h1-2,8H,3H2. The monoisotopic (exact) mass is 159 g/mol. The van der Waals surface area contributed by atoms with Gasteiger partial charge in [0.25, 0.3) is 0 Å². The van der Waals surface area contributed by atoms with Crippen molar-refractivity contribution in [3.63, 3.8) is 0 Å². The van der Waals surface area contributed by atoms with E-state index >= 15 is 0 Å². The molecule has 0 radical (unpaired) electrons. The summed E-state index contributed by atoms with van der Waals surface area (Å²) in [7, 11) is 0. The van der Waals surface area contributed by atoms with Crippen molar-refractivity contribution < 1.29 is 4.79 Å². The van der Waals surface area contributed by atoms with Gasteiger partial charge in [0, 0.05) is 11.6 Å². The molecule has 0 saturated heterocycles. The van der Waals surface area contributed by atoms with Crippen molar-refractivity contribution in [2.24, 2.45) is 0 Å². The van der Waals surface area contributed by atoms with E-state index in [4.69, 9.17) is 0 Å². The molecule has 0 spiro atoms. The summed E-state index contributed by atoms with van der Waals surface area (Å²) in [6, 6.07) is 0. The maximum Gasteiger partial charge on any atom is 0.200 e. The predicted molar refractivity (Wildman–Crippen MR) is 40.3 cm³/mol. The molecule has 4 heteroatoms. The van der Waals surface area contributed by atoms with E-state index in [1.54, 1.807) is 11.6 Å². The van der Waals surface area contributed by atoms with Crippen molar-refractivity contribution in [2.45, 2.75) is 0 Å². The van der Waals surface area contributed by atoms with E-state index in [-0.39, 0.29) is 11.5 Å². The number of thiol groups is 1. The molecule has 0 saturated carbocycles. The Labute approximate surface area is 62.3 Å². The lowest BCUT2D eigenvalue weighted by Crippen LogP contribution is -1.97. The van der Waals surface area contributed by atoms with Crippen molar-refractivity contribution in [3.8, 4) is 0 Å². The zero-order valence-corrected chi connectivity index (χ0v) is 6.28. The summed E-state index contributed by atoms with van der Waals surface area (Å²) in [5.41, 5.74) is 0. The number of rotatable bonds is 2. The molecule has 0 unspecified atom stereocenters. The highest BCUT2D eigenvalue weighted by molar-refractivity contribution is 7.81. The van der Waals surface area contributed by atoms with Gasteiger partial charge in [-0.3, -0.25) is 4.79 Å².